The zero-order valence-corrected chi connectivity index (χ0v) is 20.8. The van der Waals surface area contributed by atoms with Crippen LogP contribution in [0.4, 0.5) is 5.69 Å². The SMILES string of the molecule is CC1(C)CC(=O)c2c(CCCC(=O)NO)nn(-c3ccc(C(N)=O)c(NC4CCC(O)CC4)c3)c2C1. The van der Waals surface area contributed by atoms with E-state index in [-0.39, 0.29) is 29.8 Å². The van der Waals surface area contributed by atoms with Gasteiger partial charge in [-0.2, -0.15) is 5.10 Å². The number of hydroxylamine groups is 1. The number of nitrogens with one attached hydrogen (secondary N) is 2. The van der Waals surface area contributed by atoms with Crippen molar-refractivity contribution < 1.29 is 24.7 Å². The van der Waals surface area contributed by atoms with Crippen molar-refractivity contribution in [2.75, 3.05) is 5.32 Å². The van der Waals surface area contributed by atoms with Gasteiger partial charge in [-0.25, -0.2) is 10.2 Å². The van der Waals surface area contributed by atoms with Crippen LogP contribution in [0, 0.1) is 5.41 Å². The molecule has 0 radical (unpaired) electrons. The van der Waals surface area contributed by atoms with Gasteiger partial charge < -0.3 is 16.2 Å². The highest BCUT2D eigenvalue weighted by molar-refractivity contribution is 6.00. The Morgan fingerprint density at radius 2 is 1.92 bits per heavy atom. The number of anilines is 1. The molecule has 1 saturated carbocycles. The Morgan fingerprint density at radius 1 is 1.19 bits per heavy atom. The Balaban J connectivity index is 1.71. The molecule has 0 saturated heterocycles. The second-order valence-corrected chi connectivity index (χ2v) is 10.8. The summed E-state index contributed by atoms with van der Waals surface area (Å²) in [6.45, 7) is 4.11. The lowest BCUT2D eigenvalue weighted by molar-refractivity contribution is -0.129. The quantitative estimate of drug-likeness (QED) is 0.277. The number of Topliss-reactive ketones (excluding diaryl/α,β-unsaturated/α-hetero) is 1. The molecule has 10 nitrogen and oxygen atoms in total. The minimum Gasteiger partial charge on any atom is -0.393 e. The Morgan fingerprint density at radius 3 is 2.58 bits per heavy atom. The third-order valence-corrected chi connectivity index (χ3v) is 7.13. The fraction of sp³-hybridized carbons (Fsp3) is 0.538. The molecule has 0 spiro atoms. The van der Waals surface area contributed by atoms with Crippen LogP contribution >= 0.6 is 0 Å². The first-order chi connectivity index (χ1) is 17.1. The van der Waals surface area contributed by atoms with Gasteiger partial charge in [-0.3, -0.25) is 19.6 Å². The Kier molecular flexibility index (Phi) is 7.46. The summed E-state index contributed by atoms with van der Waals surface area (Å²) in [5.74, 6) is -0.993. The van der Waals surface area contributed by atoms with E-state index in [0.29, 0.717) is 66.7 Å². The highest BCUT2D eigenvalue weighted by atomic mass is 16.5. The summed E-state index contributed by atoms with van der Waals surface area (Å²) < 4.78 is 1.77. The number of fused-ring (bicyclic) bond motifs is 1. The van der Waals surface area contributed by atoms with Crippen LogP contribution in [0.3, 0.4) is 0 Å². The van der Waals surface area contributed by atoms with E-state index < -0.39 is 11.8 Å². The summed E-state index contributed by atoms with van der Waals surface area (Å²) in [5.41, 5.74) is 10.8. The van der Waals surface area contributed by atoms with Crippen LogP contribution in [0.15, 0.2) is 18.2 Å². The summed E-state index contributed by atoms with van der Waals surface area (Å²) in [7, 11) is 0. The molecule has 2 amide bonds. The molecular weight excluding hydrogens is 462 g/mol. The number of carbonyl (C=O) groups is 3. The molecule has 4 rings (SSSR count). The number of aliphatic hydroxyl groups excluding tert-OH is 1. The number of carbonyl (C=O) groups excluding carboxylic acids is 3. The van der Waals surface area contributed by atoms with Crippen molar-refractivity contribution in [3.63, 3.8) is 0 Å². The van der Waals surface area contributed by atoms with Gasteiger partial charge in [0.25, 0.3) is 5.91 Å². The van der Waals surface area contributed by atoms with E-state index >= 15 is 0 Å². The summed E-state index contributed by atoms with van der Waals surface area (Å²) in [5, 5.41) is 26.8. The Hall–Kier alpha value is -3.24. The van der Waals surface area contributed by atoms with Crippen molar-refractivity contribution in [3.05, 3.63) is 40.7 Å². The molecule has 36 heavy (non-hydrogen) atoms. The highest BCUT2D eigenvalue weighted by Crippen LogP contribution is 2.38. The molecule has 1 fully saturated rings. The number of aliphatic hydroxyl groups is 1. The molecule has 1 heterocycles. The zero-order chi connectivity index (χ0) is 26.0. The lowest BCUT2D eigenvalue weighted by Gasteiger charge is -2.29. The number of aryl methyl sites for hydroxylation is 1. The molecule has 0 aliphatic heterocycles. The number of ketones is 1. The van der Waals surface area contributed by atoms with E-state index in [4.69, 9.17) is 16.0 Å². The van der Waals surface area contributed by atoms with E-state index in [2.05, 4.69) is 19.2 Å². The van der Waals surface area contributed by atoms with Gasteiger partial charge in [0.1, 0.15) is 0 Å². The van der Waals surface area contributed by atoms with Crippen molar-refractivity contribution in [1.82, 2.24) is 15.3 Å². The number of rotatable bonds is 8. The molecule has 10 heteroatoms. The van der Waals surface area contributed by atoms with Crippen LogP contribution in [0.2, 0.25) is 0 Å². The molecule has 194 valence electrons. The summed E-state index contributed by atoms with van der Waals surface area (Å²) in [6.07, 6.45) is 4.73. The first kappa shape index (κ1) is 25.8. The summed E-state index contributed by atoms with van der Waals surface area (Å²) in [4.78, 5) is 36.8. The highest BCUT2D eigenvalue weighted by Gasteiger charge is 2.36. The number of hydrogen-bond donors (Lipinski definition) is 5. The van der Waals surface area contributed by atoms with Crippen molar-refractivity contribution >= 4 is 23.3 Å². The summed E-state index contributed by atoms with van der Waals surface area (Å²) in [6, 6.07) is 5.40. The minimum absolute atomic E-state index is 0.0296. The lowest BCUT2D eigenvalue weighted by atomic mass is 9.75. The van der Waals surface area contributed by atoms with E-state index in [9.17, 15) is 19.5 Å². The number of aromatic nitrogens is 2. The molecule has 0 unspecified atom stereocenters. The van der Waals surface area contributed by atoms with Gasteiger partial charge in [-0.15, -0.1) is 0 Å². The number of amides is 2. The fourth-order valence-corrected chi connectivity index (χ4v) is 5.33. The number of nitrogens with zero attached hydrogens (tertiary/aromatic N) is 2. The third-order valence-electron chi connectivity index (χ3n) is 7.13. The molecule has 2 aliphatic rings. The van der Waals surface area contributed by atoms with Crippen LogP contribution in [0.1, 0.15) is 90.9 Å². The Labute approximate surface area is 210 Å². The molecule has 2 aromatic rings. The predicted octanol–water partition coefficient (Wildman–Crippen LogP) is 2.67. The van der Waals surface area contributed by atoms with E-state index in [1.54, 1.807) is 22.3 Å². The maximum atomic E-state index is 13.2. The van der Waals surface area contributed by atoms with Crippen LogP contribution in [-0.2, 0) is 17.6 Å². The van der Waals surface area contributed by atoms with Crippen LogP contribution in [0.25, 0.3) is 5.69 Å². The van der Waals surface area contributed by atoms with E-state index in [1.165, 1.54) is 0 Å². The van der Waals surface area contributed by atoms with Crippen molar-refractivity contribution in [1.29, 1.82) is 0 Å². The lowest BCUT2D eigenvalue weighted by Crippen LogP contribution is -2.29. The second kappa shape index (κ2) is 10.4. The first-order valence-electron chi connectivity index (χ1n) is 12.5. The number of hydrogen-bond acceptors (Lipinski definition) is 7. The van der Waals surface area contributed by atoms with Crippen LogP contribution in [-0.4, -0.2) is 49.8 Å². The maximum Gasteiger partial charge on any atom is 0.250 e. The smallest absolute Gasteiger partial charge is 0.250 e. The Bertz CT molecular complexity index is 1160. The number of primary amides is 1. The normalized spacial score (nSPS) is 21.1. The largest absolute Gasteiger partial charge is 0.393 e. The van der Waals surface area contributed by atoms with Crippen LogP contribution in [0.5, 0.6) is 0 Å². The van der Waals surface area contributed by atoms with Gasteiger partial charge in [0.2, 0.25) is 5.91 Å². The van der Waals surface area contributed by atoms with Crippen LogP contribution < -0.4 is 16.5 Å². The molecule has 0 bridgehead atoms. The van der Waals surface area contributed by atoms with Gasteiger partial charge in [0.15, 0.2) is 5.78 Å². The predicted molar refractivity (Wildman–Crippen MR) is 133 cm³/mol. The molecule has 6 N–H and O–H groups in total. The average Bonchev–Trinajstić information content (AvgIpc) is 3.17. The molecule has 1 aromatic heterocycles. The number of nitrogens with two attached hydrogens (primary N) is 1. The standard InChI is InChI=1S/C26H35N5O5/c1-26(2)13-21-24(22(33)14-26)19(4-3-5-23(34)30-36)29-31(21)16-8-11-18(25(27)35)20(12-16)28-15-6-9-17(32)10-7-15/h8,11-12,15,17,28,32,36H,3-7,9-10,13-14H2,1-2H3,(H2,27,35)(H,30,34). The van der Waals surface area contributed by atoms with E-state index in [1.807, 2.05) is 6.07 Å². The molecule has 1 aromatic carbocycles. The third kappa shape index (κ3) is 5.60. The molecular formula is C26H35N5O5. The summed E-state index contributed by atoms with van der Waals surface area (Å²) >= 11 is 0. The first-order valence-corrected chi connectivity index (χ1v) is 12.5. The van der Waals surface area contributed by atoms with E-state index in [0.717, 1.165) is 18.5 Å². The van der Waals surface area contributed by atoms with Gasteiger partial charge >= 0.3 is 0 Å². The van der Waals surface area contributed by atoms with Gasteiger partial charge in [-0.05, 0) is 68.6 Å². The average molecular weight is 498 g/mol. The van der Waals surface area contributed by atoms with Gasteiger partial charge in [-0.1, -0.05) is 13.8 Å². The fourth-order valence-electron chi connectivity index (χ4n) is 5.33. The van der Waals surface area contributed by atoms with Gasteiger partial charge in [0.05, 0.1) is 34.3 Å². The van der Waals surface area contributed by atoms with Crippen molar-refractivity contribution in [2.24, 2.45) is 11.1 Å². The minimum atomic E-state index is -0.540. The molecule has 0 atom stereocenters. The maximum absolute atomic E-state index is 13.2. The molecule has 2 aliphatic carbocycles. The zero-order valence-electron chi connectivity index (χ0n) is 20.8. The van der Waals surface area contributed by atoms with Crippen molar-refractivity contribution in [3.8, 4) is 5.69 Å². The number of benzene rings is 1. The van der Waals surface area contributed by atoms with Gasteiger partial charge in [0, 0.05) is 24.6 Å². The van der Waals surface area contributed by atoms with Crippen molar-refractivity contribution in [2.45, 2.75) is 83.8 Å². The monoisotopic (exact) mass is 497 g/mol. The topological polar surface area (TPSA) is 160 Å². The second-order valence-electron chi connectivity index (χ2n) is 10.8.